The summed E-state index contributed by atoms with van der Waals surface area (Å²) < 4.78 is 0. The molecule has 0 radical (unpaired) electrons. The van der Waals surface area contributed by atoms with Crippen molar-refractivity contribution in [3.63, 3.8) is 0 Å². The monoisotopic (exact) mass is 288 g/mol. The number of hydrogen-bond donors (Lipinski definition) is 1. The van der Waals surface area contributed by atoms with Gasteiger partial charge in [0.05, 0.1) is 0 Å². The van der Waals surface area contributed by atoms with Crippen molar-refractivity contribution in [3.8, 4) is 0 Å². The normalized spacial score (nSPS) is 23.6. The highest BCUT2D eigenvalue weighted by Crippen LogP contribution is 2.28. The lowest BCUT2D eigenvalue weighted by atomic mass is 9.85. The maximum atomic E-state index is 12.4. The van der Waals surface area contributed by atoms with E-state index < -0.39 is 0 Å². The van der Waals surface area contributed by atoms with Gasteiger partial charge >= 0.3 is 0 Å². The van der Waals surface area contributed by atoms with Crippen molar-refractivity contribution < 1.29 is 4.79 Å². The van der Waals surface area contributed by atoms with Gasteiger partial charge in [0.25, 0.3) is 0 Å². The van der Waals surface area contributed by atoms with Crippen molar-refractivity contribution in [3.05, 3.63) is 35.9 Å². The highest BCUT2D eigenvalue weighted by Gasteiger charge is 2.27. The van der Waals surface area contributed by atoms with Crippen LogP contribution in [0, 0.1) is 5.92 Å². The van der Waals surface area contributed by atoms with Gasteiger partial charge < -0.3 is 10.6 Å². The molecule has 0 bridgehead atoms. The van der Waals surface area contributed by atoms with Crippen molar-refractivity contribution in [2.75, 3.05) is 7.05 Å². The molecule has 1 aromatic carbocycles. The molecule has 0 spiro atoms. The highest BCUT2D eigenvalue weighted by atomic mass is 16.2. The molecule has 2 rings (SSSR count). The molecule has 3 atom stereocenters. The summed E-state index contributed by atoms with van der Waals surface area (Å²) in [6.07, 6.45) is 6.19. The molecule has 116 valence electrons. The van der Waals surface area contributed by atoms with E-state index in [9.17, 15) is 4.79 Å². The zero-order valence-electron chi connectivity index (χ0n) is 13.3. The molecule has 0 aliphatic heterocycles. The summed E-state index contributed by atoms with van der Waals surface area (Å²) in [5, 5.41) is 0. The number of nitrogens with two attached hydrogens (primary N) is 1. The molecule has 1 aromatic rings. The number of hydrogen-bond acceptors (Lipinski definition) is 2. The molecular weight excluding hydrogens is 260 g/mol. The summed E-state index contributed by atoms with van der Waals surface area (Å²) >= 11 is 0. The van der Waals surface area contributed by atoms with Crippen LogP contribution in [0.4, 0.5) is 0 Å². The molecule has 3 nitrogen and oxygen atoms in total. The van der Waals surface area contributed by atoms with Gasteiger partial charge in [-0.2, -0.15) is 0 Å². The summed E-state index contributed by atoms with van der Waals surface area (Å²) in [4.78, 5) is 14.4. The molecule has 1 aliphatic carbocycles. The third-order valence-corrected chi connectivity index (χ3v) is 4.85. The fourth-order valence-corrected chi connectivity index (χ4v) is 3.38. The highest BCUT2D eigenvalue weighted by molar-refractivity contribution is 5.76. The van der Waals surface area contributed by atoms with E-state index >= 15 is 0 Å². The summed E-state index contributed by atoms with van der Waals surface area (Å²) in [5.74, 6) is 0.857. The molecule has 1 aliphatic rings. The topological polar surface area (TPSA) is 46.3 Å². The van der Waals surface area contributed by atoms with Gasteiger partial charge in [0.2, 0.25) is 5.91 Å². The van der Waals surface area contributed by atoms with Crippen LogP contribution in [-0.4, -0.2) is 23.9 Å². The minimum absolute atomic E-state index is 0.0488. The Morgan fingerprint density at radius 1 is 1.29 bits per heavy atom. The first-order valence-electron chi connectivity index (χ1n) is 8.15. The van der Waals surface area contributed by atoms with Crippen LogP contribution in [0.15, 0.2) is 30.3 Å². The molecule has 21 heavy (non-hydrogen) atoms. The minimum atomic E-state index is -0.0488. The Morgan fingerprint density at radius 2 is 1.95 bits per heavy atom. The zero-order chi connectivity index (χ0) is 15.2. The predicted octanol–water partition coefficient (Wildman–Crippen LogP) is 3.50. The predicted molar refractivity (Wildman–Crippen MR) is 86.8 cm³/mol. The van der Waals surface area contributed by atoms with E-state index in [4.69, 9.17) is 5.73 Å². The second-order valence-corrected chi connectivity index (χ2v) is 6.39. The van der Waals surface area contributed by atoms with Gasteiger partial charge in [-0.3, -0.25) is 4.79 Å². The van der Waals surface area contributed by atoms with Crippen molar-refractivity contribution in [2.45, 2.75) is 57.5 Å². The number of benzene rings is 1. The largest absolute Gasteiger partial charge is 0.343 e. The quantitative estimate of drug-likeness (QED) is 0.901. The Bertz CT molecular complexity index is 446. The van der Waals surface area contributed by atoms with Crippen LogP contribution in [0.3, 0.4) is 0 Å². The van der Waals surface area contributed by atoms with E-state index in [1.807, 2.05) is 42.3 Å². The van der Waals surface area contributed by atoms with Gasteiger partial charge in [-0.25, -0.2) is 0 Å². The second kappa shape index (κ2) is 7.60. The smallest absolute Gasteiger partial charge is 0.222 e. The summed E-state index contributed by atoms with van der Waals surface area (Å²) in [6, 6.07) is 10.4. The maximum Gasteiger partial charge on any atom is 0.222 e. The maximum absolute atomic E-state index is 12.4. The minimum Gasteiger partial charge on any atom is -0.343 e. The standard InChI is InChI=1S/C18H28N2O/c1-14-8-6-7-11-17(14)20(2)18(21)13-12-16(19)15-9-4-3-5-10-15/h3-5,9-10,14,16-17H,6-8,11-13,19H2,1-2H3. The SMILES string of the molecule is CC1CCCCC1N(C)C(=O)CCC(N)c1ccccc1. The fourth-order valence-electron chi connectivity index (χ4n) is 3.38. The van der Waals surface area contributed by atoms with Crippen LogP contribution < -0.4 is 5.73 Å². The average Bonchev–Trinajstić information content (AvgIpc) is 2.53. The zero-order valence-corrected chi connectivity index (χ0v) is 13.3. The van der Waals surface area contributed by atoms with Crippen LogP contribution in [0.1, 0.15) is 57.1 Å². The van der Waals surface area contributed by atoms with Crippen LogP contribution in [0.5, 0.6) is 0 Å². The Balaban J connectivity index is 1.83. The number of nitrogens with zero attached hydrogens (tertiary/aromatic N) is 1. The van der Waals surface area contributed by atoms with Crippen molar-refractivity contribution in [2.24, 2.45) is 11.7 Å². The number of rotatable bonds is 5. The van der Waals surface area contributed by atoms with Gasteiger partial charge in [0.15, 0.2) is 0 Å². The number of carbonyl (C=O) groups is 1. The van der Waals surface area contributed by atoms with E-state index in [1.165, 1.54) is 19.3 Å². The molecule has 1 amide bonds. The van der Waals surface area contributed by atoms with Gasteiger partial charge in [-0.05, 0) is 30.7 Å². The first-order chi connectivity index (χ1) is 10.1. The van der Waals surface area contributed by atoms with Gasteiger partial charge in [0.1, 0.15) is 0 Å². The number of carbonyl (C=O) groups excluding carboxylic acids is 1. The van der Waals surface area contributed by atoms with E-state index in [0.717, 1.165) is 12.0 Å². The van der Waals surface area contributed by atoms with Gasteiger partial charge in [-0.1, -0.05) is 50.1 Å². The first-order valence-corrected chi connectivity index (χ1v) is 8.15. The molecule has 1 fully saturated rings. The van der Waals surface area contributed by atoms with E-state index in [1.54, 1.807) is 0 Å². The Hall–Kier alpha value is -1.35. The fraction of sp³-hybridized carbons (Fsp3) is 0.611. The molecule has 0 aromatic heterocycles. The van der Waals surface area contributed by atoms with E-state index in [2.05, 4.69) is 6.92 Å². The first kappa shape index (κ1) is 16.0. The van der Waals surface area contributed by atoms with Crippen LogP contribution in [-0.2, 0) is 4.79 Å². The second-order valence-electron chi connectivity index (χ2n) is 6.39. The van der Waals surface area contributed by atoms with Crippen LogP contribution >= 0.6 is 0 Å². The third kappa shape index (κ3) is 4.31. The molecule has 3 unspecified atom stereocenters. The Kier molecular flexibility index (Phi) is 5.80. The molecule has 2 N–H and O–H groups in total. The van der Waals surface area contributed by atoms with Crippen molar-refractivity contribution >= 4 is 5.91 Å². The Morgan fingerprint density at radius 3 is 2.62 bits per heavy atom. The van der Waals surface area contributed by atoms with E-state index in [0.29, 0.717) is 24.8 Å². The van der Waals surface area contributed by atoms with Crippen LogP contribution in [0.25, 0.3) is 0 Å². The lowest BCUT2D eigenvalue weighted by Gasteiger charge is -2.36. The van der Waals surface area contributed by atoms with Gasteiger partial charge in [-0.15, -0.1) is 0 Å². The lowest BCUT2D eigenvalue weighted by molar-refractivity contribution is -0.133. The lowest BCUT2D eigenvalue weighted by Crippen LogP contribution is -2.42. The van der Waals surface area contributed by atoms with Gasteiger partial charge in [0, 0.05) is 25.6 Å². The molecule has 1 saturated carbocycles. The molecule has 3 heteroatoms. The average molecular weight is 288 g/mol. The summed E-state index contributed by atoms with van der Waals surface area (Å²) in [5.41, 5.74) is 7.29. The van der Waals surface area contributed by atoms with Crippen molar-refractivity contribution in [1.29, 1.82) is 0 Å². The summed E-state index contributed by atoms with van der Waals surface area (Å²) in [6.45, 7) is 2.27. The molecule has 0 heterocycles. The van der Waals surface area contributed by atoms with Crippen LogP contribution in [0.2, 0.25) is 0 Å². The van der Waals surface area contributed by atoms with Crippen molar-refractivity contribution in [1.82, 2.24) is 4.90 Å². The summed E-state index contributed by atoms with van der Waals surface area (Å²) in [7, 11) is 1.96. The molecule has 0 saturated heterocycles. The number of amides is 1. The third-order valence-electron chi connectivity index (χ3n) is 4.85. The van der Waals surface area contributed by atoms with E-state index in [-0.39, 0.29) is 11.9 Å². The molecular formula is C18H28N2O. The Labute approximate surface area is 128 Å².